The highest BCUT2D eigenvalue weighted by Gasteiger charge is 2.14. The van der Waals surface area contributed by atoms with Crippen LogP contribution in [0, 0.1) is 0 Å². The van der Waals surface area contributed by atoms with Gasteiger partial charge in [0.1, 0.15) is 5.69 Å². The lowest BCUT2D eigenvalue weighted by Crippen LogP contribution is -2.20. The van der Waals surface area contributed by atoms with Gasteiger partial charge >= 0.3 is 0 Å². The number of benzene rings is 1. The summed E-state index contributed by atoms with van der Waals surface area (Å²) in [7, 11) is -1.90. The summed E-state index contributed by atoms with van der Waals surface area (Å²) in [4.78, 5) is 4.03. The lowest BCUT2D eigenvalue weighted by atomic mass is 10.0. The second-order valence-corrected chi connectivity index (χ2v) is 7.70. The van der Waals surface area contributed by atoms with E-state index in [4.69, 9.17) is 0 Å². The molecule has 0 amide bonds. The fourth-order valence-electron chi connectivity index (χ4n) is 2.64. The lowest BCUT2D eigenvalue weighted by molar-refractivity contribution is 0.269. The molecule has 136 valence electrons. The number of aliphatic hydroxyl groups is 1. The number of hydrogen-bond acceptors (Lipinski definition) is 5. The van der Waals surface area contributed by atoms with Gasteiger partial charge in [0.15, 0.2) is 0 Å². The predicted octanol–water partition coefficient (Wildman–Crippen LogP) is 1.65. The van der Waals surface area contributed by atoms with Crippen LogP contribution in [0.4, 0.5) is 0 Å². The topological polar surface area (TPSA) is 97.1 Å². The van der Waals surface area contributed by atoms with Crippen LogP contribution in [-0.2, 0) is 22.3 Å². The van der Waals surface area contributed by atoms with Gasteiger partial charge in [0.2, 0.25) is 10.0 Å². The molecule has 8 heteroatoms. The van der Waals surface area contributed by atoms with Crippen LogP contribution >= 0.6 is 0 Å². The molecule has 0 fully saturated rings. The van der Waals surface area contributed by atoms with Gasteiger partial charge < -0.3 is 5.11 Å². The number of rotatable bonds is 7. The normalized spacial score (nSPS) is 11.6. The van der Waals surface area contributed by atoms with Crippen molar-refractivity contribution in [2.24, 2.45) is 0 Å². The van der Waals surface area contributed by atoms with E-state index in [-0.39, 0.29) is 12.4 Å². The number of aromatic nitrogens is 3. The van der Waals surface area contributed by atoms with E-state index < -0.39 is 10.0 Å². The molecule has 0 aliphatic rings. The molecule has 2 N–H and O–H groups in total. The van der Waals surface area contributed by atoms with E-state index in [0.29, 0.717) is 12.1 Å². The molecule has 0 aliphatic carbocycles. The SMILES string of the molecule is CNS(=O)(=O)Cc1ccc(-c2cn(CCO)nc2-c2ccncc2)cc1. The molecule has 3 rings (SSSR count). The predicted molar refractivity (Wildman–Crippen MR) is 99.7 cm³/mol. The molecule has 2 heterocycles. The molecular formula is C18H20N4O3S. The molecule has 0 spiro atoms. The Morgan fingerprint density at radius 2 is 1.77 bits per heavy atom. The Hall–Kier alpha value is -2.55. The Labute approximate surface area is 152 Å². The first-order chi connectivity index (χ1) is 12.5. The average Bonchev–Trinajstić information content (AvgIpc) is 3.07. The Balaban J connectivity index is 1.98. The van der Waals surface area contributed by atoms with Crippen LogP contribution in [0.15, 0.2) is 55.0 Å². The van der Waals surface area contributed by atoms with Crippen molar-refractivity contribution < 1.29 is 13.5 Å². The summed E-state index contributed by atoms with van der Waals surface area (Å²) < 4.78 is 27.4. The Morgan fingerprint density at radius 3 is 2.38 bits per heavy atom. The molecule has 0 atom stereocenters. The highest BCUT2D eigenvalue weighted by Crippen LogP contribution is 2.31. The van der Waals surface area contributed by atoms with Crippen LogP contribution in [0.25, 0.3) is 22.4 Å². The Bertz CT molecular complexity index is 967. The number of nitrogens with one attached hydrogen (secondary N) is 1. The van der Waals surface area contributed by atoms with E-state index in [1.165, 1.54) is 7.05 Å². The van der Waals surface area contributed by atoms with Crippen LogP contribution < -0.4 is 4.72 Å². The van der Waals surface area contributed by atoms with E-state index >= 15 is 0 Å². The van der Waals surface area contributed by atoms with E-state index in [9.17, 15) is 13.5 Å². The molecule has 7 nitrogen and oxygen atoms in total. The zero-order valence-corrected chi connectivity index (χ0v) is 15.1. The summed E-state index contributed by atoms with van der Waals surface area (Å²) in [5, 5.41) is 13.8. The third kappa shape index (κ3) is 4.16. The molecule has 0 unspecified atom stereocenters. The third-order valence-electron chi connectivity index (χ3n) is 3.98. The molecule has 3 aromatic rings. The fraction of sp³-hybridized carbons (Fsp3) is 0.222. The smallest absolute Gasteiger partial charge is 0.215 e. The van der Waals surface area contributed by atoms with Crippen molar-refractivity contribution in [1.29, 1.82) is 0 Å². The van der Waals surface area contributed by atoms with Crippen molar-refractivity contribution in [2.45, 2.75) is 12.3 Å². The highest BCUT2D eigenvalue weighted by molar-refractivity contribution is 7.88. The van der Waals surface area contributed by atoms with Gasteiger partial charge in [-0.1, -0.05) is 24.3 Å². The minimum absolute atomic E-state index is 0.00226. The Kier molecular flexibility index (Phi) is 5.46. The van der Waals surface area contributed by atoms with Crippen LogP contribution in [0.3, 0.4) is 0 Å². The van der Waals surface area contributed by atoms with Crippen molar-refractivity contribution in [1.82, 2.24) is 19.5 Å². The molecule has 0 radical (unpaired) electrons. The standard InChI is InChI=1S/C18H20N4O3S/c1-19-26(24,25)13-14-2-4-15(5-3-14)17-12-22(10-11-23)21-18(17)16-6-8-20-9-7-16/h2-9,12,19,23H,10-11,13H2,1H3. The van der Waals surface area contributed by atoms with Crippen LogP contribution in [0.1, 0.15) is 5.56 Å². The summed E-state index contributed by atoms with van der Waals surface area (Å²) >= 11 is 0. The van der Waals surface area contributed by atoms with Crippen molar-refractivity contribution in [3.05, 3.63) is 60.6 Å². The molecule has 0 saturated carbocycles. The summed E-state index contributed by atoms with van der Waals surface area (Å²) in [5.41, 5.74) is 4.25. The van der Waals surface area contributed by atoms with Crippen LogP contribution in [0.5, 0.6) is 0 Å². The van der Waals surface area contributed by atoms with Gasteiger partial charge in [0, 0.05) is 29.7 Å². The van der Waals surface area contributed by atoms with E-state index in [1.807, 2.05) is 30.5 Å². The van der Waals surface area contributed by atoms with E-state index in [1.54, 1.807) is 29.2 Å². The highest BCUT2D eigenvalue weighted by atomic mass is 32.2. The summed E-state index contributed by atoms with van der Waals surface area (Å²) in [6.07, 6.45) is 5.29. The van der Waals surface area contributed by atoms with Gasteiger partial charge in [-0.2, -0.15) is 5.10 Å². The van der Waals surface area contributed by atoms with Crippen molar-refractivity contribution in [3.8, 4) is 22.4 Å². The van der Waals surface area contributed by atoms with Gasteiger partial charge in [-0.25, -0.2) is 13.1 Å². The molecule has 2 aromatic heterocycles. The van der Waals surface area contributed by atoms with Crippen molar-refractivity contribution >= 4 is 10.0 Å². The largest absolute Gasteiger partial charge is 0.394 e. The molecule has 26 heavy (non-hydrogen) atoms. The molecule has 1 aromatic carbocycles. The number of pyridine rings is 1. The number of sulfonamides is 1. The maximum atomic E-state index is 11.7. The Morgan fingerprint density at radius 1 is 1.08 bits per heavy atom. The van der Waals surface area contributed by atoms with Crippen molar-refractivity contribution in [2.75, 3.05) is 13.7 Å². The third-order valence-corrected chi connectivity index (χ3v) is 5.31. The lowest BCUT2D eigenvalue weighted by Gasteiger charge is -2.06. The number of aliphatic hydroxyl groups excluding tert-OH is 1. The quantitative estimate of drug-likeness (QED) is 0.657. The van der Waals surface area contributed by atoms with E-state index in [2.05, 4.69) is 14.8 Å². The first kappa shape index (κ1) is 18.2. The van der Waals surface area contributed by atoms with Gasteiger partial charge in [0.05, 0.1) is 18.9 Å². The summed E-state index contributed by atoms with van der Waals surface area (Å²) in [5.74, 6) is -0.0647. The molecule has 0 saturated heterocycles. The van der Waals surface area contributed by atoms with Gasteiger partial charge in [-0.05, 0) is 30.3 Å². The average molecular weight is 372 g/mol. The minimum atomic E-state index is -3.31. The van der Waals surface area contributed by atoms with E-state index in [0.717, 1.165) is 22.4 Å². The number of hydrogen-bond donors (Lipinski definition) is 2. The van der Waals surface area contributed by atoms with Crippen molar-refractivity contribution in [3.63, 3.8) is 0 Å². The summed E-state index contributed by atoms with van der Waals surface area (Å²) in [6, 6.07) is 11.1. The zero-order valence-electron chi connectivity index (χ0n) is 14.3. The van der Waals surface area contributed by atoms with Gasteiger partial charge in [-0.3, -0.25) is 9.67 Å². The zero-order chi connectivity index (χ0) is 18.6. The summed E-state index contributed by atoms with van der Waals surface area (Å²) in [6.45, 7) is 0.397. The maximum Gasteiger partial charge on any atom is 0.215 e. The van der Waals surface area contributed by atoms with Crippen LogP contribution in [0.2, 0.25) is 0 Å². The van der Waals surface area contributed by atoms with Crippen LogP contribution in [-0.4, -0.2) is 41.9 Å². The first-order valence-electron chi connectivity index (χ1n) is 8.11. The minimum Gasteiger partial charge on any atom is -0.394 e. The first-order valence-corrected chi connectivity index (χ1v) is 9.77. The maximum absolute atomic E-state index is 11.7. The van der Waals surface area contributed by atoms with Gasteiger partial charge in [-0.15, -0.1) is 0 Å². The second-order valence-electron chi connectivity index (χ2n) is 5.77. The van der Waals surface area contributed by atoms with Gasteiger partial charge in [0.25, 0.3) is 0 Å². The number of nitrogens with zero attached hydrogens (tertiary/aromatic N) is 3. The fourth-order valence-corrected chi connectivity index (χ4v) is 3.42. The molecule has 0 aliphatic heterocycles. The molecule has 0 bridgehead atoms. The monoisotopic (exact) mass is 372 g/mol. The molecular weight excluding hydrogens is 352 g/mol. The second kappa shape index (κ2) is 7.77.